The van der Waals surface area contributed by atoms with E-state index in [0.29, 0.717) is 35.3 Å². The Morgan fingerprint density at radius 1 is 1.00 bits per heavy atom. The van der Waals surface area contributed by atoms with Crippen LogP contribution in [0.15, 0.2) is 54.6 Å². The van der Waals surface area contributed by atoms with Crippen LogP contribution in [0.2, 0.25) is 5.02 Å². The van der Waals surface area contributed by atoms with E-state index in [1.807, 2.05) is 56.3 Å². The molecule has 0 aliphatic heterocycles. The van der Waals surface area contributed by atoms with Crippen molar-refractivity contribution in [3.05, 3.63) is 65.2 Å². The summed E-state index contributed by atoms with van der Waals surface area (Å²) in [5, 5.41) is 5.46. The molecule has 0 spiro atoms. The second-order valence-electron chi connectivity index (χ2n) is 6.08. The molecule has 5 heteroatoms. The minimum absolute atomic E-state index is 0.254. The Labute approximate surface area is 164 Å². The van der Waals surface area contributed by atoms with Gasteiger partial charge in [-0.1, -0.05) is 48.9 Å². The summed E-state index contributed by atoms with van der Waals surface area (Å²) in [5.74, 6) is 0.694. The zero-order valence-electron chi connectivity index (χ0n) is 15.4. The third kappa shape index (κ3) is 4.52. The fourth-order valence-electron chi connectivity index (χ4n) is 2.78. The third-order valence-electron chi connectivity index (χ3n) is 4.03. The van der Waals surface area contributed by atoms with Crippen LogP contribution in [0.3, 0.4) is 0 Å². The number of hydrogen-bond acceptors (Lipinski definition) is 3. The van der Waals surface area contributed by atoms with Gasteiger partial charge in [0.1, 0.15) is 0 Å². The van der Waals surface area contributed by atoms with Gasteiger partial charge in [0.2, 0.25) is 0 Å². The molecule has 3 aromatic carbocycles. The lowest BCUT2D eigenvalue weighted by molar-refractivity contribution is 0.102. The van der Waals surface area contributed by atoms with E-state index in [-0.39, 0.29) is 5.91 Å². The van der Waals surface area contributed by atoms with Crippen molar-refractivity contribution in [2.24, 2.45) is 0 Å². The number of ether oxygens (including phenoxy) is 2. The molecular weight excluding hydrogens is 362 g/mol. The largest absolute Gasteiger partial charge is 0.490 e. The van der Waals surface area contributed by atoms with Gasteiger partial charge in [-0.05, 0) is 48.4 Å². The molecule has 0 bridgehead atoms. The molecule has 140 valence electrons. The van der Waals surface area contributed by atoms with E-state index in [1.54, 1.807) is 12.1 Å². The Morgan fingerprint density at radius 2 is 1.78 bits per heavy atom. The maximum atomic E-state index is 12.7. The Hall–Kier alpha value is -2.72. The second kappa shape index (κ2) is 8.78. The summed E-state index contributed by atoms with van der Waals surface area (Å²) in [7, 11) is 0. The first-order chi connectivity index (χ1) is 13.1. The molecule has 0 aliphatic carbocycles. The lowest BCUT2D eigenvalue weighted by Crippen LogP contribution is -2.12. The van der Waals surface area contributed by atoms with Crippen LogP contribution in [0.5, 0.6) is 11.5 Å². The van der Waals surface area contributed by atoms with Crippen LogP contribution < -0.4 is 14.8 Å². The minimum Gasteiger partial charge on any atom is -0.490 e. The Morgan fingerprint density at radius 3 is 2.52 bits per heavy atom. The molecule has 0 saturated heterocycles. The van der Waals surface area contributed by atoms with Crippen molar-refractivity contribution < 1.29 is 14.3 Å². The van der Waals surface area contributed by atoms with Gasteiger partial charge in [-0.15, -0.1) is 0 Å². The van der Waals surface area contributed by atoms with Gasteiger partial charge in [-0.2, -0.15) is 0 Å². The number of fused-ring (bicyclic) bond motifs is 1. The molecule has 4 nitrogen and oxygen atoms in total. The summed E-state index contributed by atoms with van der Waals surface area (Å²) in [5.41, 5.74) is 1.14. The molecule has 0 atom stereocenters. The molecule has 0 fully saturated rings. The van der Waals surface area contributed by atoms with Crippen molar-refractivity contribution in [2.75, 3.05) is 18.5 Å². The molecule has 27 heavy (non-hydrogen) atoms. The fourth-order valence-corrected chi connectivity index (χ4v) is 3.04. The van der Waals surface area contributed by atoms with Crippen LogP contribution in [0.4, 0.5) is 5.69 Å². The summed E-state index contributed by atoms with van der Waals surface area (Å²) in [6, 6.07) is 17.1. The molecule has 0 radical (unpaired) electrons. The average molecular weight is 384 g/mol. The van der Waals surface area contributed by atoms with Gasteiger partial charge < -0.3 is 14.8 Å². The molecule has 1 N–H and O–H groups in total. The molecule has 0 heterocycles. The van der Waals surface area contributed by atoms with Gasteiger partial charge in [-0.3, -0.25) is 4.79 Å². The average Bonchev–Trinajstić information content (AvgIpc) is 2.67. The topological polar surface area (TPSA) is 47.6 Å². The normalized spacial score (nSPS) is 10.6. The lowest BCUT2D eigenvalue weighted by atomic mass is 10.1. The summed E-state index contributed by atoms with van der Waals surface area (Å²) in [4.78, 5) is 12.7. The van der Waals surface area contributed by atoms with Gasteiger partial charge in [0.15, 0.2) is 11.5 Å². The zero-order valence-corrected chi connectivity index (χ0v) is 16.2. The highest BCUT2D eigenvalue weighted by atomic mass is 35.5. The van der Waals surface area contributed by atoms with Crippen LogP contribution in [0.1, 0.15) is 30.6 Å². The van der Waals surface area contributed by atoms with Gasteiger partial charge >= 0.3 is 0 Å². The minimum atomic E-state index is -0.254. The van der Waals surface area contributed by atoms with E-state index < -0.39 is 0 Å². The molecule has 3 rings (SSSR count). The molecular formula is C22H22ClNO3. The van der Waals surface area contributed by atoms with Crippen molar-refractivity contribution in [1.82, 2.24) is 0 Å². The van der Waals surface area contributed by atoms with Crippen molar-refractivity contribution in [2.45, 2.75) is 20.3 Å². The van der Waals surface area contributed by atoms with E-state index in [4.69, 9.17) is 21.1 Å². The fraction of sp³-hybridized carbons (Fsp3) is 0.227. The van der Waals surface area contributed by atoms with E-state index in [2.05, 4.69) is 5.32 Å². The molecule has 0 unspecified atom stereocenters. The summed E-state index contributed by atoms with van der Waals surface area (Å²) in [6.45, 7) is 4.87. The van der Waals surface area contributed by atoms with Crippen molar-refractivity contribution >= 4 is 34.0 Å². The highest BCUT2D eigenvalue weighted by molar-refractivity contribution is 6.32. The predicted octanol–water partition coefficient (Wildman–Crippen LogP) is 5.93. The van der Waals surface area contributed by atoms with Gasteiger partial charge in [0.25, 0.3) is 5.91 Å². The predicted molar refractivity (Wildman–Crippen MR) is 110 cm³/mol. The zero-order chi connectivity index (χ0) is 19.2. The first-order valence-electron chi connectivity index (χ1n) is 9.01. The molecule has 3 aromatic rings. The molecule has 0 aromatic heterocycles. The summed E-state index contributed by atoms with van der Waals surface area (Å²) < 4.78 is 11.3. The van der Waals surface area contributed by atoms with Crippen LogP contribution in [0, 0.1) is 0 Å². The number of hydrogen-bond donors (Lipinski definition) is 1. The summed E-state index contributed by atoms with van der Waals surface area (Å²) >= 11 is 6.35. The third-order valence-corrected chi connectivity index (χ3v) is 4.31. The Kier molecular flexibility index (Phi) is 6.20. The van der Waals surface area contributed by atoms with Crippen molar-refractivity contribution in [3.63, 3.8) is 0 Å². The first-order valence-corrected chi connectivity index (χ1v) is 9.39. The number of nitrogens with one attached hydrogen (secondary N) is 1. The van der Waals surface area contributed by atoms with Crippen LogP contribution in [-0.4, -0.2) is 19.1 Å². The van der Waals surface area contributed by atoms with Crippen LogP contribution in [0.25, 0.3) is 10.8 Å². The number of carbonyl (C=O) groups excluding carboxylic acids is 1. The Bertz CT molecular complexity index is 955. The monoisotopic (exact) mass is 383 g/mol. The highest BCUT2D eigenvalue weighted by Crippen LogP contribution is 2.37. The van der Waals surface area contributed by atoms with Crippen molar-refractivity contribution in [3.8, 4) is 11.5 Å². The second-order valence-corrected chi connectivity index (χ2v) is 6.49. The summed E-state index contributed by atoms with van der Waals surface area (Å²) in [6.07, 6.45) is 0.853. The number of carbonyl (C=O) groups is 1. The number of anilines is 1. The maximum Gasteiger partial charge on any atom is 0.255 e. The number of benzene rings is 3. The smallest absolute Gasteiger partial charge is 0.255 e. The number of rotatable bonds is 7. The molecule has 0 aliphatic rings. The molecule has 1 amide bonds. The van der Waals surface area contributed by atoms with E-state index in [9.17, 15) is 4.79 Å². The maximum absolute atomic E-state index is 12.7. The number of amides is 1. The standard InChI is InChI=1S/C22H22ClNO3/c1-3-11-27-21-19(23)13-17(14-20(21)26-4-2)22(25)24-18-10-9-15-7-5-6-8-16(15)12-18/h5-10,12-14H,3-4,11H2,1-2H3,(H,24,25). The van der Waals surface area contributed by atoms with E-state index in [1.165, 1.54) is 0 Å². The Balaban J connectivity index is 1.86. The van der Waals surface area contributed by atoms with Crippen LogP contribution >= 0.6 is 11.6 Å². The van der Waals surface area contributed by atoms with Gasteiger partial charge in [0, 0.05) is 11.3 Å². The number of halogens is 1. The van der Waals surface area contributed by atoms with Gasteiger partial charge in [-0.25, -0.2) is 0 Å². The van der Waals surface area contributed by atoms with Crippen LogP contribution in [-0.2, 0) is 0 Å². The van der Waals surface area contributed by atoms with Crippen molar-refractivity contribution in [1.29, 1.82) is 0 Å². The first kappa shape index (κ1) is 19.1. The van der Waals surface area contributed by atoms with E-state index in [0.717, 1.165) is 22.9 Å². The SMILES string of the molecule is CCCOc1c(Cl)cc(C(=O)Nc2ccc3ccccc3c2)cc1OCC. The quantitative estimate of drug-likeness (QED) is 0.549. The van der Waals surface area contributed by atoms with Gasteiger partial charge in [0.05, 0.1) is 18.2 Å². The molecule has 0 saturated carbocycles. The lowest BCUT2D eigenvalue weighted by Gasteiger charge is -2.15. The van der Waals surface area contributed by atoms with E-state index >= 15 is 0 Å². The highest BCUT2D eigenvalue weighted by Gasteiger charge is 2.16.